The smallest absolute Gasteiger partial charge is 0.0945 e. The standard InChI is InChI=1S/C9H14N2O2/c1-13-7-9(12)6-11-8-3-2-4-10-5-8/h2-5,9,11-12H,6-7H2,1H3. The summed E-state index contributed by atoms with van der Waals surface area (Å²) in [4.78, 5) is 3.93. The summed E-state index contributed by atoms with van der Waals surface area (Å²) in [6, 6.07) is 3.73. The number of rotatable bonds is 5. The molecule has 0 saturated heterocycles. The molecule has 1 aromatic rings. The van der Waals surface area contributed by atoms with Gasteiger partial charge in [-0.25, -0.2) is 0 Å². The second-order valence-electron chi connectivity index (χ2n) is 2.73. The fourth-order valence-corrected chi connectivity index (χ4v) is 0.954. The van der Waals surface area contributed by atoms with Gasteiger partial charge in [-0.3, -0.25) is 4.98 Å². The number of aliphatic hydroxyl groups is 1. The van der Waals surface area contributed by atoms with E-state index >= 15 is 0 Å². The second-order valence-corrected chi connectivity index (χ2v) is 2.73. The van der Waals surface area contributed by atoms with E-state index in [1.165, 1.54) is 0 Å². The zero-order valence-electron chi connectivity index (χ0n) is 7.60. The number of aromatic nitrogens is 1. The van der Waals surface area contributed by atoms with Gasteiger partial charge in [-0.1, -0.05) is 0 Å². The highest BCUT2D eigenvalue weighted by Crippen LogP contribution is 2.02. The first-order chi connectivity index (χ1) is 6.33. The van der Waals surface area contributed by atoms with Crippen LogP contribution in [-0.2, 0) is 4.74 Å². The lowest BCUT2D eigenvalue weighted by atomic mass is 10.3. The number of nitrogens with zero attached hydrogens (tertiary/aromatic N) is 1. The van der Waals surface area contributed by atoms with Gasteiger partial charge in [0.25, 0.3) is 0 Å². The molecule has 72 valence electrons. The summed E-state index contributed by atoms with van der Waals surface area (Å²) < 4.78 is 4.79. The predicted molar refractivity (Wildman–Crippen MR) is 50.6 cm³/mol. The van der Waals surface area contributed by atoms with Crippen molar-refractivity contribution in [2.75, 3.05) is 25.6 Å². The number of hydrogen-bond donors (Lipinski definition) is 2. The molecule has 1 aromatic heterocycles. The number of ether oxygens (including phenoxy) is 1. The molecule has 1 atom stereocenters. The van der Waals surface area contributed by atoms with Crippen LogP contribution >= 0.6 is 0 Å². The van der Waals surface area contributed by atoms with Crippen LogP contribution in [0.4, 0.5) is 5.69 Å². The van der Waals surface area contributed by atoms with Gasteiger partial charge in [0.15, 0.2) is 0 Å². The van der Waals surface area contributed by atoms with E-state index in [1.54, 1.807) is 19.5 Å². The van der Waals surface area contributed by atoms with E-state index in [2.05, 4.69) is 10.3 Å². The highest BCUT2D eigenvalue weighted by molar-refractivity contribution is 5.39. The Hall–Kier alpha value is -1.13. The van der Waals surface area contributed by atoms with Crippen molar-refractivity contribution in [1.82, 2.24) is 4.98 Å². The summed E-state index contributed by atoms with van der Waals surface area (Å²) >= 11 is 0. The van der Waals surface area contributed by atoms with Crippen molar-refractivity contribution in [2.24, 2.45) is 0 Å². The topological polar surface area (TPSA) is 54.4 Å². The normalized spacial score (nSPS) is 12.5. The lowest BCUT2D eigenvalue weighted by molar-refractivity contribution is 0.0727. The molecule has 0 bridgehead atoms. The molecular formula is C9H14N2O2. The lowest BCUT2D eigenvalue weighted by Gasteiger charge is -2.10. The van der Waals surface area contributed by atoms with Gasteiger partial charge in [0.05, 0.1) is 18.4 Å². The van der Waals surface area contributed by atoms with Crippen LogP contribution in [0.25, 0.3) is 0 Å². The summed E-state index contributed by atoms with van der Waals surface area (Å²) in [7, 11) is 1.56. The van der Waals surface area contributed by atoms with Gasteiger partial charge in [0.2, 0.25) is 0 Å². The SMILES string of the molecule is COCC(O)CNc1cccnc1. The Morgan fingerprint density at radius 1 is 1.69 bits per heavy atom. The first-order valence-corrected chi connectivity index (χ1v) is 4.14. The fourth-order valence-electron chi connectivity index (χ4n) is 0.954. The third-order valence-corrected chi connectivity index (χ3v) is 1.56. The van der Waals surface area contributed by atoms with E-state index in [-0.39, 0.29) is 0 Å². The minimum Gasteiger partial charge on any atom is -0.389 e. The number of pyridine rings is 1. The molecule has 0 radical (unpaired) electrons. The van der Waals surface area contributed by atoms with E-state index in [0.29, 0.717) is 13.2 Å². The molecule has 1 rings (SSSR count). The summed E-state index contributed by atoms with van der Waals surface area (Å²) in [5.41, 5.74) is 0.901. The number of anilines is 1. The Morgan fingerprint density at radius 2 is 2.54 bits per heavy atom. The Bertz CT molecular complexity index is 228. The van der Waals surface area contributed by atoms with Crippen LogP contribution in [0.5, 0.6) is 0 Å². The molecule has 0 aliphatic carbocycles. The van der Waals surface area contributed by atoms with Crippen LogP contribution in [0.1, 0.15) is 0 Å². The molecule has 1 unspecified atom stereocenters. The molecule has 0 amide bonds. The molecule has 13 heavy (non-hydrogen) atoms. The van der Waals surface area contributed by atoms with Gasteiger partial charge in [-0.05, 0) is 12.1 Å². The monoisotopic (exact) mass is 182 g/mol. The molecule has 4 heteroatoms. The van der Waals surface area contributed by atoms with E-state index in [1.807, 2.05) is 12.1 Å². The third-order valence-electron chi connectivity index (χ3n) is 1.56. The lowest BCUT2D eigenvalue weighted by Crippen LogP contribution is -2.24. The fraction of sp³-hybridized carbons (Fsp3) is 0.444. The van der Waals surface area contributed by atoms with Gasteiger partial charge in [0, 0.05) is 26.0 Å². The summed E-state index contributed by atoms with van der Waals surface area (Å²) in [5, 5.41) is 12.3. The maximum atomic E-state index is 9.30. The predicted octanol–water partition coefficient (Wildman–Crippen LogP) is 0.501. The van der Waals surface area contributed by atoms with Crippen LogP contribution in [0.15, 0.2) is 24.5 Å². The van der Waals surface area contributed by atoms with Crippen LogP contribution < -0.4 is 5.32 Å². The summed E-state index contributed by atoms with van der Waals surface area (Å²) in [6.45, 7) is 0.812. The van der Waals surface area contributed by atoms with Crippen molar-refractivity contribution in [1.29, 1.82) is 0 Å². The van der Waals surface area contributed by atoms with Crippen LogP contribution in [0, 0.1) is 0 Å². The van der Waals surface area contributed by atoms with E-state index in [9.17, 15) is 5.11 Å². The Labute approximate surface area is 77.6 Å². The molecular weight excluding hydrogens is 168 g/mol. The Kier molecular flexibility index (Phi) is 4.21. The molecule has 2 N–H and O–H groups in total. The molecule has 0 saturated carbocycles. The van der Waals surface area contributed by atoms with Gasteiger partial charge in [-0.15, -0.1) is 0 Å². The molecule has 1 heterocycles. The van der Waals surface area contributed by atoms with Gasteiger partial charge in [-0.2, -0.15) is 0 Å². The summed E-state index contributed by atoms with van der Waals surface area (Å²) in [5.74, 6) is 0. The van der Waals surface area contributed by atoms with Crippen molar-refractivity contribution >= 4 is 5.69 Å². The van der Waals surface area contributed by atoms with Gasteiger partial charge < -0.3 is 15.2 Å². The van der Waals surface area contributed by atoms with E-state index in [0.717, 1.165) is 5.69 Å². The van der Waals surface area contributed by atoms with Crippen molar-refractivity contribution in [3.8, 4) is 0 Å². The first-order valence-electron chi connectivity index (χ1n) is 4.14. The maximum Gasteiger partial charge on any atom is 0.0945 e. The van der Waals surface area contributed by atoms with E-state index < -0.39 is 6.10 Å². The van der Waals surface area contributed by atoms with Gasteiger partial charge in [0.1, 0.15) is 0 Å². The quantitative estimate of drug-likeness (QED) is 0.696. The van der Waals surface area contributed by atoms with E-state index in [4.69, 9.17) is 4.74 Å². The van der Waals surface area contributed by atoms with Crippen molar-refractivity contribution in [3.05, 3.63) is 24.5 Å². The number of nitrogens with one attached hydrogen (secondary N) is 1. The second kappa shape index (κ2) is 5.50. The number of aliphatic hydroxyl groups excluding tert-OH is 1. The third kappa shape index (κ3) is 3.87. The zero-order chi connectivity index (χ0) is 9.52. The van der Waals surface area contributed by atoms with Crippen molar-refractivity contribution in [3.63, 3.8) is 0 Å². The Morgan fingerprint density at radius 3 is 3.15 bits per heavy atom. The highest BCUT2D eigenvalue weighted by atomic mass is 16.5. The molecule has 0 aliphatic rings. The molecule has 0 aromatic carbocycles. The number of methoxy groups -OCH3 is 1. The molecule has 0 spiro atoms. The van der Waals surface area contributed by atoms with Crippen molar-refractivity contribution < 1.29 is 9.84 Å². The minimum absolute atomic E-state index is 0.341. The minimum atomic E-state index is -0.481. The van der Waals surface area contributed by atoms with Crippen LogP contribution in [0.3, 0.4) is 0 Å². The average molecular weight is 182 g/mol. The highest BCUT2D eigenvalue weighted by Gasteiger charge is 2.01. The van der Waals surface area contributed by atoms with Crippen LogP contribution in [-0.4, -0.2) is 36.5 Å². The van der Waals surface area contributed by atoms with Gasteiger partial charge >= 0.3 is 0 Å². The summed E-state index contributed by atoms with van der Waals surface area (Å²) in [6.07, 6.45) is 2.93. The molecule has 0 aliphatic heterocycles. The Balaban J connectivity index is 2.27. The van der Waals surface area contributed by atoms with Crippen LogP contribution in [0.2, 0.25) is 0 Å². The first kappa shape index (κ1) is 9.95. The maximum absolute atomic E-state index is 9.30. The largest absolute Gasteiger partial charge is 0.389 e. The number of hydrogen-bond acceptors (Lipinski definition) is 4. The zero-order valence-corrected chi connectivity index (χ0v) is 7.60. The average Bonchev–Trinajstić information content (AvgIpc) is 2.17. The van der Waals surface area contributed by atoms with Crippen molar-refractivity contribution in [2.45, 2.75) is 6.10 Å². The molecule has 4 nitrogen and oxygen atoms in total. The molecule has 0 fully saturated rings.